The van der Waals surface area contributed by atoms with E-state index in [4.69, 9.17) is 4.74 Å². The van der Waals surface area contributed by atoms with Crippen LogP contribution in [0.1, 0.15) is 47.5 Å². The van der Waals surface area contributed by atoms with Crippen LogP contribution in [0.2, 0.25) is 0 Å². The Hall–Kier alpha value is -1.23. The molecule has 0 aromatic rings. The van der Waals surface area contributed by atoms with Crippen molar-refractivity contribution in [2.45, 2.75) is 53.1 Å². The van der Waals surface area contributed by atoms with Crippen LogP contribution in [0.5, 0.6) is 0 Å². The highest BCUT2D eigenvalue weighted by molar-refractivity contribution is 5.76. The molecule has 0 spiro atoms. The topological polar surface area (TPSA) is 26.3 Å². The molecular weight excluding hydrogens is 212 g/mol. The molecule has 0 aliphatic heterocycles. The molecule has 17 heavy (non-hydrogen) atoms. The van der Waals surface area contributed by atoms with E-state index in [1.807, 2.05) is 40.7 Å². The van der Waals surface area contributed by atoms with Gasteiger partial charge >= 0.3 is 5.97 Å². The molecule has 0 atom stereocenters. The zero-order valence-corrected chi connectivity index (χ0v) is 11.5. The molecule has 0 saturated heterocycles. The molecule has 94 valence electrons. The molecule has 0 aromatic carbocycles. The van der Waals surface area contributed by atoms with Crippen LogP contribution in [0.15, 0.2) is 12.2 Å². The first-order valence-electron chi connectivity index (χ1n) is 6.13. The van der Waals surface area contributed by atoms with Gasteiger partial charge in [0.2, 0.25) is 0 Å². The van der Waals surface area contributed by atoms with Gasteiger partial charge in [0.15, 0.2) is 5.60 Å². The first-order valence-corrected chi connectivity index (χ1v) is 6.13. The monoisotopic (exact) mass is 234 g/mol. The van der Waals surface area contributed by atoms with Crippen LogP contribution in [-0.2, 0) is 9.53 Å². The minimum Gasteiger partial charge on any atom is -0.446 e. The number of ether oxygens (including phenoxy) is 1. The summed E-state index contributed by atoms with van der Waals surface area (Å²) in [6.45, 7) is 9.15. The number of carbonyl (C=O) groups is 1. The molecule has 0 radical (unpaired) electrons. The number of hydrogen-bond donors (Lipinski definition) is 0. The molecule has 1 rings (SSSR count). The van der Waals surface area contributed by atoms with Crippen molar-refractivity contribution in [2.24, 2.45) is 11.3 Å². The van der Waals surface area contributed by atoms with E-state index in [9.17, 15) is 4.79 Å². The van der Waals surface area contributed by atoms with Crippen molar-refractivity contribution >= 4 is 5.97 Å². The normalized spacial score (nSPS) is 16.5. The van der Waals surface area contributed by atoms with Crippen molar-refractivity contribution in [1.29, 1.82) is 0 Å². The summed E-state index contributed by atoms with van der Waals surface area (Å²) in [7, 11) is 0. The van der Waals surface area contributed by atoms with Gasteiger partial charge < -0.3 is 4.74 Å². The molecule has 0 heterocycles. The predicted molar refractivity (Wildman–Crippen MR) is 69.3 cm³/mol. The highest BCUT2D eigenvalue weighted by Gasteiger charge is 2.29. The highest BCUT2D eigenvalue weighted by atomic mass is 16.6. The molecule has 0 unspecified atom stereocenters. The first-order chi connectivity index (χ1) is 7.71. The average Bonchev–Trinajstić information content (AvgIpc) is 2.93. The molecule has 1 fully saturated rings. The lowest BCUT2D eigenvalue weighted by molar-refractivity contribution is -0.161. The SMILES string of the molecule is CC(C)(C#C/C=C/C1CC1)OC(=O)C(C)(C)C. The van der Waals surface area contributed by atoms with Crippen LogP contribution in [0.3, 0.4) is 0 Å². The van der Waals surface area contributed by atoms with E-state index in [2.05, 4.69) is 17.9 Å². The maximum Gasteiger partial charge on any atom is 0.312 e. The molecule has 1 aliphatic carbocycles. The lowest BCUT2D eigenvalue weighted by atomic mass is 9.97. The van der Waals surface area contributed by atoms with Crippen molar-refractivity contribution in [3.05, 3.63) is 12.2 Å². The van der Waals surface area contributed by atoms with Crippen molar-refractivity contribution in [3.8, 4) is 11.8 Å². The van der Waals surface area contributed by atoms with E-state index in [1.165, 1.54) is 12.8 Å². The molecule has 0 aromatic heterocycles. The Labute approximate surface area is 104 Å². The van der Waals surface area contributed by atoms with Crippen LogP contribution in [0.25, 0.3) is 0 Å². The van der Waals surface area contributed by atoms with Gasteiger partial charge in [-0.25, -0.2) is 0 Å². The Morgan fingerprint density at radius 2 is 1.82 bits per heavy atom. The average molecular weight is 234 g/mol. The quantitative estimate of drug-likeness (QED) is 0.541. The molecule has 1 saturated carbocycles. The zero-order chi connectivity index (χ0) is 13.1. The van der Waals surface area contributed by atoms with Gasteiger partial charge in [0.25, 0.3) is 0 Å². The van der Waals surface area contributed by atoms with Crippen molar-refractivity contribution in [2.75, 3.05) is 0 Å². The maximum absolute atomic E-state index is 11.7. The van der Waals surface area contributed by atoms with Crippen LogP contribution in [-0.4, -0.2) is 11.6 Å². The number of esters is 1. The van der Waals surface area contributed by atoms with Crippen LogP contribution >= 0.6 is 0 Å². The van der Waals surface area contributed by atoms with Crippen molar-refractivity contribution < 1.29 is 9.53 Å². The second-order valence-corrected chi connectivity index (χ2v) is 6.12. The van der Waals surface area contributed by atoms with E-state index in [-0.39, 0.29) is 5.97 Å². The maximum atomic E-state index is 11.7. The summed E-state index contributed by atoms with van der Waals surface area (Å²) in [5.41, 5.74) is -1.21. The van der Waals surface area contributed by atoms with Crippen LogP contribution < -0.4 is 0 Å². The third-order valence-electron chi connectivity index (χ3n) is 2.41. The highest BCUT2D eigenvalue weighted by Crippen LogP contribution is 2.29. The fraction of sp³-hybridized carbons (Fsp3) is 0.667. The Morgan fingerprint density at radius 1 is 1.24 bits per heavy atom. The summed E-state index contributed by atoms with van der Waals surface area (Å²) in [4.78, 5) is 11.7. The van der Waals surface area contributed by atoms with Gasteiger partial charge in [-0.2, -0.15) is 0 Å². The lowest BCUT2D eigenvalue weighted by Gasteiger charge is -2.24. The second kappa shape index (κ2) is 4.96. The van der Waals surface area contributed by atoms with Gasteiger partial charge in [0.1, 0.15) is 0 Å². The van der Waals surface area contributed by atoms with Crippen LogP contribution in [0.4, 0.5) is 0 Å². The second-order valence-electron chi connectivity index (χ2n) is 6.12. The molecule has 1 aliphatic rings. The largest absolute Gasteiger partial charge is 0.446 e. The Bertz CT molecular complexity index is 368. The van der Waals surface area contributed by atoms with E-state index in [0.717, 1.165) is 5.92 Å². The Balaban J connectivity index is 2.52. The lowest BCUT2D eigenvalue weighted by Crippen LogP contribution is -2.33. The molecular formula is C15H22O2. The first kappa shape index (κ1) is 13.8. The molecule has 2 heteroatoms. The van der Waals surface area contributed by atoms with Crippen molar-refractivity contribution in [1.82, 2.24) is 0 Å². The summed E-state index contributed by atoms with van der Waals surface area (Å²) in [5, 5.41) is 0. The van der Waals surface area contributed by atoms with Gasteiger partial charge in [-0.15, -0.1) is 0 Å². The standard InChI is InChI=1S/C15H22O2/c1-14(2,3)13(16)17-15(4,5)11-7-6-8-12-9-10-12/h6,8,12H,9-10H2,1-5H3/b8-6+. The summed E-state index contributed by atoms with van der Waals surface area (Å²) >= 11 is 0. The third-order valence-corrected chi connectivity index (χ3v) is 2.41. The minimum absolute atomic E-state index is 0.219. The van der Waals surface area contributed by atoms with Gasteiger partial charge in [-0.1, -0.05) is 17.9 Å². The fourth-order valence-electron chi connectivity index (χ4n) is 1.10. The van der Waals surface area contributed by atoms with E-state index < -0.39 is 11.0 Å². The zero-order valence-electron chi connectivity index (χ0n) is 11.5. The van der Waals surface area contributed by atoms with Crippen molar-refractivity contribution in [3.63, 3.8) is 0 Å². The fourth-order valence-corrected chi connectivity index (χ4v) is 1.10. The number of hydrogen-bond acceptors (Lipinski definition) is 2. The number of rotatable bonds is 2. The van der Waals surface area contributed by atoms with Gasteiger partial charge in [0, 0.05) is 0 Å². The molecule has 0 N–H and O–H groups in total. The molecule has 0 amide bonds. The minimum atomic E-state index is -0.724. The third kappa shape index (κ3) is 5.58. The smallest absolute Gasteiger partial charge is 0.312 e. The summed E-state index contributed by atoms with van der Waals surface area (Å²) in [6.07, 6.45) is 6.54. The Morgan fingerprint density at radius 3 is 2.29 bits per heavy atom. The number of carbonyl (C=O) groups excluding carboxylic acids is 1. The van der Waals surface area contributed by atoms with E-state index in [0.29, 0.717) is 0 Å². The van der Waals surface area contributed by atoms with E-state index >= 15 is 0 Å². The molecule has 2 nitrogen and oxygen atoms in total. The summed E-state index contributed by atoms with van der Waals surface area (Å²) < 4.78 is 5.38. The van der Waals surface area contributed by atoms with Gasteiger partial charge in [0.05, 0.1) is 5.41 Å². The van der Waals surface area contributed by atoms with Gasteiger partial charge in [-0.3, -0.25) is 4.79 Å². The predicted octanol–water partition coefficient (Wildman–Crippen LogP) is 3.32. The summed E-state index contributed by atoms with van der Waals surface area (Å²) in [6, 6.07) is 0. The summed E-state index contributed by atoms with van der Waals surface area (Å²) in [5.74, 6) is 6.42. The van der Waals surface area contributed by atoms with E-state index in [1.54, 1.807) is 0 Å². The van der Waals surface area contributed by atoms with Crippen LogP contribution in [0, 0.1) is 23.2 Å². The molecule has 0 bridgehead atoms. The Kier molecular flexibility index (Phi) is 4.03. The van der Waals surface area contributed by atoms with Gasteiger partial charge in [-0.05, 0) is 59.5 Å². The number of allylic oxidation sites excluding steroid dienone is 2.